The van der Waals surface area contributed by atoms with Gasteiger partial charge in [-0.05, 0) is 35.9 Å². The first-order chi connectivity index (χ1) is 14.3. The number of sulfonamides is 1. The van der Waals surface area contributed by atoms with Crippen molar-refractivity contribution in [1.82, 2.24) is 5.48 Å². The van der Waals surface area contributed by atoms with Crippen LogP contribution in [0.2, 0.25) is 0 Å². The van der Waals surface area contributed by atoms with Crippen LogP contribution in [0.4, 0.5) is 11.4 Å². The molecule has 0 bridgehead atoms. The van der Waals surface area contributed by atoms with Crippen molar-refractivity contribution < 1.29 is 23.0 Å². The quantitative estimate of drug-likeness (QED) is 0.420. The number of nitrogens with zero attached hydrogens (tertiary/aromatic N) is 1. The van der Waals surface area contributed by atoms with Crippen molar-refractivity contribution in [1.29, 1.82) is 0 Å². The number of anilines is 1. The molecule has 0 fully saturated rings. The van der Waals surface area contributed by atoms with E-state index in [1.807, 2.05) is 30.3 Å². The zero-order valence-electron chi connectivity index (χ0n) is 15.5. The highest BCUT2D eigenvalue weighted by atomic mass is 32.2. The number of hydroxylamine groups is 1. The molecule has 0 heterocycles. The smallest absolute Gasteiger partial charge is 0.274 e. The summed E-state index contributed by atoms with van der Waals surface area (Å²) in [4.78, 5) is 27.2. The zero-order valence-corrected chi connectivity index (χ0v) is 16.3. The SMILES string of the molecule is O=C(NOCc1ccccc1)c1ccc(NS(=O)(=O)c2cccc([N+](=O)[O-])c2)cc1. The second-order valence-electron chi connectivity index (χ2n) is 6.14. The summed E-state index contributed by atoms with van der Waals surface area (Å²) in [5.41, 5.74) is 3.34. The summed E-state index contributed by atoms with van der Waals surface area (Å²) in [6.07, 6.45) is 0. The number of amides is 1. The topological polar surface area (TPSA) is 128 Å². The van der Waals surface area contributed by atoms with Crippen LogP contribution < -0.4 is 10.2 Å². The van der Waals surface area contributed by atoms with E-state index in [1.165, 1.54) is 42.5 Å². The third-order valence-corrected chi connectivity index (χ3v) is 5.36. The van der Waals surface area contributed by atoms with Crippen LogP contribution in [0.25, 0.3) is 0 Å². The molecule has 0 atom stereocenters. The predicted octanol–water partition coefficient (Wildman–Crippen LogP) is 3.26. The standard InChI is InChI=1S/C20H17N3O6S/c24-20(21-29-14-15-5-2-1-3-6-15)16-9-11-17(12-10-16)22-30(27,28)19-8-4-7-18(13-19)23(25)26/h1-13,22H,14H2,(H,21,24). The Balaban J connectivity index is 1.61. The van der Waals surface area contributed by atoms with Crippen LogP contribution in [0.3, 0.4) is 0 Å². The first-order valence-corrected chi connectivity index (χ1v) is 10.2. The van der Waals surface area contributed by atoms with Gasteiger partial charge in [-0.25, -0.2) is 13.9 Å². The summed E-state index contributed by atoms with van der Waals surface area (Å²) in [5.74, 6) is -0.487. The average molecular weight is 427 g/mol. The first kappa shape index (κ1) is 21.0. The van der Waals surface area contributed by atoms with Gasteiger partial charge in [0.2, 0.25) is 0 Å². The van der Waals surface area contributed by atoms with Gasteiger partial charge in [0.1, 0.15) is 0 Å². The normalized spacial score (nSPS) is 10.9. The minimum atomic E-state index is -4.03. The molecular weight excluding hydrogens is 410 g/mol. The maximum absolute atomic E-state index is 12.4. The average Bonchev–Trinajstić information content (AvgIpc) is 2.75. The molecule has 0 aliphatic carbocycles. The second-order valence-corrected chi connectivity index (χ2v) is 7.83. The Kier molecular flexibility index (Phi) is 6.40. The number of nitro benzene ring substituents is 1. The fraction of sp³-hybridized carbons (Fsp3) is 0.0500. The van der Waals surface area contributed by atoms with E-state index in [2.05, 4.69) is 10.2 Å². The minimum absolute atomic E-state index is 0.197. The lowest BCUT2D eigenvalue weighted by molar-refractivity contribution is -0.385. The molecular formula is C20H17N3O6S. The van der Waals surface area contributed by atoms with Gasteiger partial charge < -0.3 is 0 Å². The lowest BCUT2D eigenvalue weighted by Gasteiger charge is -2.09. The fourth-order valence-electron chi connectivity index (χ4n) is 2.49. The summed E-state index contributed by atoms with van der Waals surface area (Å²) in [6, 6.07) is 19.7. The molecule has 0 aromatic heterocycles. The summed E-state index contributed by atoms with van der Waals surface area (Å²) in [7, 11) is -4.03. The van der Waals surface area contributed by atoms with E-state index in [9.17, 15) is 23.3 Å². The summed E-state index contributed by atoms with van der Waals surface area (Å²) in [5, 5.41) is 10.8. The van der Waals surface area contributed by atoms with Gasteiger partial charge in [-0.15, -0.1) is 0 Å². The lowest BCUT2D eigenvalue weighted by Crippen LogP contribution is -2.23. The van der Waals surface area contributed by atoms with Crippen molar-refractivity contribution in [3.05, 3.63) is 100 Å². The molecule has 3 aromatic rings. The summed E-state index contributed by atoms with van der Waals surface area (Å²) in [6.45, 7) is 0.202. The molecule has 0 saturated heterocycles. The Morgan fingerprint density at radius 1 is 0.967 bits per heavy atom. The van der Waals surface area contributed by atoms with Gasteiger partial charge in [0, 0.05) is 23.4 Å². The van der Waals surface area contributed by atoms with Crippen molar-refractivity contribution >= 4 is 27.3 Å². The molecule has 9 nitrogen and oxygen atoms in total. The number of carbonyl (C=O) groups is 1. The largest absolute Gasteiger partial charge is 0.280 e. The van der Waals surface area contributed by atoms with Crippen LogP contribution in [0, 0.1) is 10.1 Å². The molecule has 1 amide bonds. The first-order valence-electron chi connectivity index (χ1n) is 8.68. The highest BCUT2D eigenvalue weighted by Crippen LogP contribution is 2.20. The molecule has 30 heavy (non-hydrogen) atoms. The van der Waals surface area contributed by atoms with E-state index in [1.54, 1.807) is 0 Å². The number of hydrogen-bond acceptors (Lipinski definition) is 6. The number of rotatable bonds is 8. The van der Waals surface area contributed by atoms with E-state index < -0.39 is 20.9 Å². The second kappa shape index (κ2) is 9.16. The maximum atomic E-state index is 12.4. The summed E-state index contributed by atoms with van der Waals surface area (Å²) >= 11 is 0. The van der Waals surface area contributed by atoms with Gasteiger partial charge in [-0.2, -0.15) is 0 Å². The van der Waals surface area contributed by atoms with Crippen LogP contribution in [-0.2, 0) is 21.5 Å². The highest BCUT2D eigenvalue weighted by Gasteiger charge is 2.18. The van der Waals surface area contributed by atoms with Crippen molar-refractivity contribution in [2.45, 2.75) is 11.5 Å². The molecule has 154 valence electrons. The number of nitrogens with one attached hydrogen (secondary N) is 2. The van der Waals surface area contributed by atoms with Crippen molar-refractivity contribution in [2.24, 2.45) is 0 Å². The van der Waals surface area contributed by atoms with Crippen LogP contribution in [0.5, 0.6) is 0 Å². The van der Waals surface area contributed by atoms with Gasteiger partial charge in [0.15, 0.2) is 0 Å². The molecule has 3 rings (SSSR count). The molecule has 10 heteroatoms. The van der Waals surface area contributed by atoms with Gasteiger partial charge in [-0.3, -0.25) is 24.5 Å². The van der Waals surface area contributed by atoms with Crippen LogP contribution in [-0.4, -0.2) is 19.2 Å². The predicted molar refractivity (Wildman–Crippen MR) is 109 cm³/mol. The summed E-state index contributed by atoms with van der Waals surface area (Å²) < 4.78 is 27.2. The fourth-order valence-corrected chi connectivity index (χ4v) is 3.58. The molecule has 0 aliphatic heterocycles. The Hall–Kier alpha value is -3.76. The number of non-ortho nitro benzene ring substituents is 1. The number of benzene rings is 3. The third kappa shape index (κ3) is 5.40. The van der Waals surface area contributed by atoms with Gasteiger partial charge >= 0.3 is 0 Å². The van der Waals surface area contributed by atoms with Crippen molar-refractivity contribution in [2.75, 3.05) is 4.72 Å². The Labute approximate surface area is 172 Å². The van der Waals surface area contributed by atoms with Crippen LogP contribution >= 0.6 is 0 Å². The van der Waals surface area contributed by atoms with E-state index in [0.717, 1.165) is 11.6 Å². The molecule has 0 saturated carbocycles. The molecule has 2 N–H and O–H groups in total. The monoisotopic (exact) mass is 427 g/mol. The van der Waals surface area contributed by atoms with E-state index in [0.29, 0.717) is 0 Å². The van der Waals surface area contributed by atoms with Gasteiger partial charge in [0.25, 0.3) is 21.6 Å². The van der Waals surface area contributed by atoms with Gasteiger partial charge in [-0.1, -0.05) is 36.4 Å². The minimum Gasteiger partial charge on any atom is -0.280 e. The third-order valence-electron chi connectivity index (χ3n) is 3.98. The van der Waals surface area contributed by atoms with Crippen LogP contribution in [0.15, 0.2) is 83.8 Å². The molecule has 0 spiro atoms. The zero-order chi connectivity index (χ0) is 21.6. The van der Waals surface area contributed by atoms with E-state index in [-0.39, 0.29) is 28.4 Å². The van der Waals surface area contributed by atoms with Crippen molar-refractivity contribution in [3.8, 4) is 0 Å². The Morgan fingerprint density at radius 2 is 1.67 bits per heavy atom. The molecule has 0 aliphatic rings. The molecule has 0 unspecified atom stereocenters. The van der Waals surface area contributed by atoms with Crippen molar-refractivity contribution in [3.63, 3.8) is 0 Å². The highest BCUT2D eigenvalue weighted by molar-refractivity contribution is 7.92. The Bertz CT molecular complexity index is 1150. The van der Waals surface area contributed by atoms with Crippen LogP contribution in [0.1, 0.15) is 15.9 Å². The maximum Gasteiger partial charge on any atom is 0.274 e. The molecule has 0 radical (unpaired) electrons. The number of hydrogen-bond donors (Lipinski definition) is 2. The number of nitro groups is 1. The number of carbonyl (C=O) groups excluding carboxylic acids is 1. The van der Waals surface area contributed by atoms with E-state index >= 15 is 0 Å². The van der Waals surface area contributed by atoms with E-state index in [4.69, 9.17) is 4.84 Å². The Morgan fingerprint density at radius 3 is 2.33 bits per heavy atom. The lowest BCUT2D eigenvalue weighted by atomic mass is 10.2. The van der Waals surface area contributed by atoms with Gasteiger partial charge in [0.05, 0.1) is 16.4 Å². The molecule has 3 aromatic carbocycles.